The van der Waals surface area contributed by atoms with Crippen LogP contribution in [0.1, 0.15) is 41.1 Å². The van der Waals surface area contributed by atoms with Crippen molar-refractivity contribution in [1.29, 1.82) is 0 Å². The van der Waals surface area contributed by atoms with Crippen LogP contribution in [0, 0.1) is 13.8 Å². The maximum atomic E-state index is 12.4. The van der Waals surface area contributed by atoms with Gasteiger partial charge in [0.15, 0.2) is 0 Å². The van der Waals surface area contributed by atoms with Crippen molar-refractivity contribution >= 4 is 16.0 Å². The number of sulfonamides is 1. The standard InChI is InChI=1S/C13H19NO6S/c1-8-10(12(15)19-3)11(9(2)20-8)21(17,18)14-7-13(16)5-4-6-13/h14,16H,4-7H2,1-3H3. The van der Waals surface area contributed by atoms with Gasteiger partial charge in [-0.1, -0.05) is 0 Å². The molecule has 1 aliphatic rings. The highest BCUT2D eigenvalue weighted by Crippen LogP contribution is 2.32. The normalized spacial score (nSPS) is 17.3. The van der Waals surface area contributed by atoms with E-state index < -0.39 is 21.6 Å². The molecule has 8 heteroatoms. The number of aryl methyl sites for hydroxylation is 2. The SMILES string of the molecule is COC(=O)c1c(C)oc(C)c1S(=O)(=O)NCC1(O)CCC1. The number of aliphatic hydroxyl groups is 1. The topological polar surface area (TPSA) is 106 Å². The highest BCUT2D eigenvalue weighted by atomic mass is 32.2. The first kappa shape index (κ1) is 16.0. The van der Waals surface area contributed by atoms with Crippen LogP contribution in [0.5, 0.6) is 0 Å². The van der Waals surface area contributed by atoms with Gasteiger partial charge in [-0.05, 0) is 33.1 Å². The number of carbonyl (C=O) groups is 1. The Kier molecular flexibility index (Phi) is 4.14. The van der Waals surface area contributed by atoms with Crippen molar-refractivity contribution < 1.29 is 27.5 Å². The van der Waals surface area contributed by atoms with E-state index in [4.69, 9.17) is 4.42 Å². The highest BCUT2D eigenvalue weighted by molar-refractivity contribution is 7.89. The van der Waals surface area contributed by atoms with Crippen molar-refractivity contribution in [3.05, 3.63) is 17.1 Å². The fourth-order valence-electron chi connectivity index (χ4n) is 2.39. The van der Waals surface area contributed by atoms with Gasteiger partial charge in [-0.15, -0.1) is 0 Å². The van der Waals surface area contributed by atoms with E-state index in [0.717, 1.165) is 6.42 Å². The molecule has 1 aromatic rings. The molecule has 0 bridgehead atoms. The molecule has 1 aliphatic carbocycles. The first-order valence-electron chi connectivity index (χ1n) is 6.60. The molecule has 1 fully saturated rings. The minimum atomic E-state index is -3.97. The van der Waals surface area contributed by atoms with Gasteiger partial charge in [-0.3, -0.25) is 0 Å². The predicted molar refractivity (Wildman–Crippen MR) is 73.5 cm³/mol. The van der Waals surface area contributed by atoms with Gasteiger partial charge < -0.3 is 14.3 Å². The van der Waals surface area contributed by atoms with Crippen LogP contribution in [0.15, 0.2) is 9.31 Å². The van der Waals surface area contributed by atoms with Gasteiger partial charge in [0.2, 0.25) is 10.0 Å². The van der Waals surface area contributed by atoms with Crippen LogP contribution < -0.4 is 4.72 Å². The van der Waals surface area contributed by atoms with E-state index in [-0.39, 0.29) is 28.5 Å². The lowest BCUT2D eigenvalue weighted by atomic mass is 9.81. The van der Waals surface area contributed by atoms with Crippen molar-refractivity contribution in [1.82, 2.24) is 4.72 Å². The molecule has 0 aromatic carbocycles. The fraction of sp³-hybridized carbons (Fsp3) is 0.615. The van der Waals surface area contributed by atoms with Crippen molar-refractivity contribution in [3.8, 4) is 0 Å². The fourth-order valence-corrected chi connectivity index (χ4v) is 3.91. The third-order valence-corrected chi connectivity index (χ3v) is 5.29. The van der Waals surface area contributed by atoms with E-state index in [0.29, 0.717) is 12.8 Å². The molecule has 1 heterocycles. The van der Waals surface area contributed by atoms with Crippen LogP contribution >= 0.6 is 0 Å². The number of methoxy groups -OCH3 is 1. The molecule has 1 aromatic heterocycles. The number of furan rings is 1. The van der Waals surface area contributed by atoms with Crippen LogP contribution in [-0.4, -0.2) is 38.7 Å². The summed E-state index contributed by atoms with van der Waals surface area (Å²) in [6.45, 7) is 2.88. The lowest BCUT2D eigenvalue weighted by Gasteiger charge is -2.36. The molecule has 1 saturated carbocycles. The first-order valence-corrected chi connectivity index (χ1v) is 8.09. The third-order valence-electron chi connectivity index (χ3n) is 3.74. The van der Waals surface area contributed by atoms with Gasteiger partial charge in [-0.2, -0.15) is 0 Å². The van der Waals surface area contributed by atoms with Crippen molar-refractivity contribution in [2.75, 3.05) is 13.7 Å². The van der Waals surface area contributed by atoms with E-state index >= 15 is 0 Å². The van der Waals surface area contributed by atoms with E-state index in [1.165, 1.54) is 21.0 Å². The van der Waals surface area contributed by atoms with Crippen LogP contribution in [-0.2, 0) is 14.8 Å². The van der Waals surface area contributed by atoms with Crippen LogP contribution in [0.4, 0.5) is 0 Å². The lowest BCUT2D eigenvalue weighted by molar-refractivity contribution is -0.0271. The molecular formula is C13H19NO6S. The minimum absolute atomic E-state index is 0.0837. The van der Waals surface area contributed by atoms with Gasteiger partial charge in [0.25, 0.3) is 0 Å². The Morgan fingerprint density at radius 3 is 2.48 bits per heavy atom. The van der Waals surface area contributed by atoms with Crippen molar-refractivity contribution in [2.24, 2.45) is 0 Å². The van der Waals surface area contributed by atoms with Crippen LogP contribution in [0.3, 0.4) is 0 Å². The summed E-state index contributed by atoms with van der Waals surface area (Å²) in [4.78, 5) is 11.5. The molecule has 118 valence electrons. The average Bonchev–Trinajstić information content (AvgIpc) is 2.68. The zero-order valence-corrected chi connectivity index (χ0v) is 13.0. The molecule has 2 N–H and O–H groups in total. The molecule has 0 radical (unpaired) electrons. The van der Waals surface area contributed by atoms with Crippen LogP contribution in [0.2, 0.25) is 0 Å². The Labute approximate surface area is 123 Å². The van der Waals surface area contributed by atoms with Gasteiger partial charge in [0, 0.05) is 6.54 Å². The van der Waals surface area contributed by atoms with E-state index in [9.17, 15) is 18.3 Å². The molecule has 0 atom stereocenters. The van der Waals surface area contributed by atoms with E-state index in [1.54, 1.807) is 0 Å². The summed E-state index contributed by atoms with van der Waals surface area (Å²) < 4.78 is 37.0. The molecule has 0 unspecified atom stereocenters. The lowest BCUT2D eigenvalue weighted by Crippen LogP contribution is -2.47. The number of esters is 1. The minimum Gasteiger partial charge on any atom is -0.465 e. The summed E-state index contributed by atoms with van der Waals surface area (Å²) in [5.41, 5.74) is -1.10. The Morgan fingerprint density at radius 1 is 1.38 bits per heavy atom. The largest absolute Gasteiger partial charge is 0.465 e. The zero-order chi connectivity index (χ0) is 15.8. The molecular weight excluding hydrogens is 298 g/mol. The summed E-state index contributed by atoms with van der Waals surface area (Å²) >= 11 is 0. The molecule has 0 saturated heterocycles. The number of hydrogen-bond donors (Lipinski definition) is 2. The highest BCUT2D eigenvalue weighted by Gasteiger charge is 2.37. The summed E-state index contributed by atoms with van der Waals surface area (Å²) in [7, 11) is -2.80. The molecule has 7 nitrogen and oxygen atoms in total. The van der Waals surface area contributed by atoms with Crippen molar-refractivity contribution in [3.63, 3.8) is 0 Å². The Morgan fingerprint density at radius 2 is 2.00 bits per heavy atom. The van der Waals surface area contributed by atoms with Gasteiger partial charge >= 0.3 is 5.97 Å². The smallest absolute Gasteiger partial charge is 0.342 e. The number of carbonyl (C=O) groups excluding carboxylic acids is 1. The quantitative estimate of drug-likeness (QED) is 0.781. The summed E-state index contributed by atoms with van der Waals surface area (Å²) in [6, 6.07) is 0. The second-order valence-corrected chi connectivity index (χ2v) is 7.02. The maximum absolute atomic E-state index is 12.4. The summed E-state index contributed by atoms with van der Waals surface area (Å²) in [6.07, 6.45) is 1.99. The maximum Gasteiger partial charge on any atom is 0.342 e. The second kappa shape index (κ2) is 5.43. The predicted octanol–water partition coefficient (Wildman–Crippen LogP) is 0.876. The molecule has 21 heavy (non-hydrogen) atoms. The van der Waals surface area contributed by atoms with E-state index in [2.05, 4.69) is 9.46 Å². The Balaban J connectivity index is 2.33. The second-order valence-electron chi connectivity index (χ2n) is 5.31. The van der Waals surface area contributed by atoms with Crippen LogP contribution in [0.25, 0.3) is 0 Å². The third kappa shape index (κ3) is 2.97. The number of nitrogens with one attached hydrogen (secondary N) is 1. The molecule has 2 rings (SSSR count). The van der Waals surface area contributed by atoms with Crippen molar-refractivity contribution in [2.45, 2.75) is 43.6 Å². The van der Waals surface area contributed by atoms with Gasteiger partial charge in [0.1, 0.15) is 22.0 Å². The summed E-state index contributed by atoms with van der Waals surface area (Å²) in [5, 5.41) is 9.98. The molecule has 0 spiro atoms. The van der Waals surface area contributed by atoms with E-state index in [1.807, 2.05) is 0 Å². The average molecular weight is 317 g/mol. The Hall–Kier alpha value is -1.38. The zero-order valence-electron chi connectivity index (χ0n) is 12.2. The summed E-state index contributed by atoms with van der Waals surface area (Å²) in [5.74, 6) is -0.477. The number of hydrogen-bond acceptors (Lipinski definition) is 6. The number of rotatable bonds is 5. The first-order chi connectivity index (χ1) is 9.70. The molecule has 0 aliphatic heterocycles. The Bertz CT molecular complexity index is 656. The molecule has 0 amide bonds. The monoisotopic (exact) mass is 317 g/mol. The van der Waals surface area contributed by atoms with Gasteiger partial charge in [-0.25, -0.2) is 17.9 Å². The van der Waals surface area contributed by atoms with Gasteiger partial charge in [0.05, 0.1) is 12.7 Å². The number of ether oxygens (including phenoxy) is 1.